The number of carboxylic acid groups (broad SMARTS) is 2. The van der Waals surface area contributed by atoms with Gasteiger partial charge in [-0.15, -0.1) is 0 Å². The van der Waals surface area contributed by atoms with Crippen molar-refractivity contribution in [2.24, 2.45) is 0 Å². The van der Waals surface area contributed by atoms with E-state index in [-0.39, 0.29) is 11.3 Å². The molecule has 1 aromatic heterocycles. The Balaban J connectivity index is 1.49. The number of ether oxygens (including phenoxy) is 4. The number of benzene rings is 2. The van der Waals surface area contributed by atoms with E-state index in [9.17, 15) is 70.6 Å². The Morgan fingerprint density at radius 3 is 1.72 bits per heavy atom. The number of carboxylic acids is 2. The summed E-state index contributed by atoms with van der Waals surface area (Å²) in [5.41, 5.74) is -1.64. The van der Waals surface area contributed by atoms with Crippen molar-refractivity contribution < 1.29 is 89.1 Å². The fourth-order valence-electron chi connectivity index (χ4n) is 4.85. The van der Waals surface area contributed by atoms with E-state index >= 15 is 0 Å². The van der Waals surface area contributed by atoms with Crippen LogP contribution in [-0.4, -0.2) is 130 Å². The number of phenolic OH excluding ortho intramolecular Hbond substituents is 3. The number of rotatable bonds is 7. The highest BCUT2D eigenvalue weighted by atomic mass is 16.7. The smallest absolute Gasteiger partial charge is 0.335 e. The molecule has 10 atom stereocenters. The third kappa shape index (κ3) is 5.72. The average molecular weight is 654 g/mol. The van der Waals surface area contributed by atoms with Crippen molar-refractivity contribution >= 4 is 22.9 Å². The second-order valence-electron chi connectivity index (χ2n) is 10.3. The SMILES string of the molecule is O=C(O)[C@H]1O[C@H](Oc2ccc(-c3cc(=O)c4c(O)cc(O)c(O[C@H]5O[C@H](C(=O)O)[C@H](O)[C@@H](O)[C@@H]5O)c4o3)cc2O)[C@@H](O)[C@H](O)[C@H]1O. The van der Waals surface area contributed by atoms with Gasteiger partial charge in [0.1, 0.15) is 53.5 Å². The van der Waals surface area contributed by atoms with E-state index in [1.54, 1.807) is 0 Å². The molecule has 19 nitrogen and oxygen atoms in total. The first kappa shape index (κ1) is 32.7. The van der Waals surface area contributed by atoms with Gasteiger partial charge in [0.05, 0.1) is 0 Å². The molecule has 0 bridgehead atoms. The Morgan fingerprint density at radius 2 is 1.20 bits per heavy atom. The van der Waals surface area contributed by atoms with Crippen LogP contribution in [0.25, 0.3) is 22.3 Å². The number of aliphatic carboxylic acids is 2. The summed E-state index contributed by atoms with van der Waals surface area (Å²) in [4.78, 5) is 35.8. The van der Waals surface area contributed by atoms with E-state index in [2.05, 4.69) is 0 Å². The Morgan fingerprint density at radius 1 is 0.652 bits per heavy atom. The number of phenols is 3. The van der Waals surface area contributed by atoms with Crippen LogP contribution in [0.15, 0.2) is 39.5 Å². The normalized spacial score (nSPS) is 31.3. The lowest BCUT2D eigenvalue weighted by Crippen LogP contribution is -2.61. The van der Waals surface area contributed by atoms with E-state index in [0.717, 1.165) is 18.2 Å². The lowest BCUT2D eigenvalue weighted by atomic mass is 9.99. The number of fused-ring (bicyclic) bond motifs is 1. The van der Waals surface area contributed by atoms with Crippen LogP contribution in [0.2, 0.25) is 0 Å². The molecule has 2 aliphatic heterocycles. The van der Waals surface area contributed by atoms with Gasteiger partial charge in [0.15, 0.2) is 40.5 Å². The van der Waals surface area contributed by atoms with Gasteiger partial charge in [-0.2, -0.15) is 0 Å². The highest BCUT2D eigenvalue weighted by molar-refractivity contribution is 5.91. The molecule has 0 spiro atoms. The number of aromatic hydroxyl groups is 3. The lowest BCUT2D eigenvalue weighted by molar-refractivity contribution is -0.271. The second kappa shape index (κ2) is 12.2. The Kier molecular flexibility index (Phi) is 8.68. The Bertz CT molecular complexity index is 1720. The van der Waals surface area contributed by atoms with Crippen LogP contribution in [0.3, 0.4) is 0 Å². The first-order valence-corrected chi connectivity index (χ1v) is 13.1. The van der Waals surface area contributed by atoms with Gasteiger partial charge in [0.25, 0.3) is 0 Å². The fraction of sp³-hybridized carbons (Fsp3) is 0.370. The third-order valence-corrected chi connectivity index (χ3v) is 7.26. The van der Waals surface area contributed by atoms with Crippen molar-refractivity contribution in [3.8, 4) is 40.1 Å². The molecule has 46 heavy (non-hydrogen) atoms. The number of aliphatic hydroxyl groups is 6. The van der Waals surface area contributed by atoms with Gasteiger partial charge < -0.3 is 79.5 Å². The van der Waals surface area contributed by atoms with E-state index in [4.69, 9.17) is 23.4 Å². The zero-order chi connectivity index (χ0) is 33.8. The fourth-order valence-corrected chi connectivity index (χ4v) is 4.85. The van der Waals surface area contributed by atoms with Gasteiger partial charge in [-0.3, -0.25) is 4.79 Å². The van der Waals surface area contributed by atoms with Crippen LogP contribution in [0.1, 0.15) is 0 Å². The van der Waals surface area contributed by atoms with Crippen molar-refractivity contribution in [2.75, 3.05) is 0 Å². The maximum atomic E-state index is 13.0. The largest absolute Gasteiger partial charge is 0.507 e. The number of hydrogen-bond donors (Lipinski definition) is 11. The summed E-state index contributed by atoms with van der Waals surface area (Å²) in [5.74, 6) is -7.27. The molecule has 3 aromatic rings. The molecule has 0 amide bonds. The van der Waals surface area contributed by atoms with Crippen molar-refractivity contribution in [3.63, 3.8) is 0 Å². The van der Waals surface area contributed by atoms with Crippen molar-refractivity contribution in [2.45, 2.75) is 61.4 Å². The summed E-state index contributed by atoms with van der Waals surface area (Å²) in [6, 6.07) is 4.78. The Hall–Kier alpha value is -4.73. The minimum atomic E-state index is -2.08. The molecule has 5 rings (SSSR count). The summed E-state index contributed by atoms with van der Waals surface area (Å²) in [7, 11) is 0. The van der Waals surface area contributed by atoms with Gasteiger partial charge in [-0.25, -0.2) is 9.59 Å². The molecule has 19 heteroatoms. The number of hydrogen-bond acceptors (Lipinski definition) is 17. The molecule has 2 saturated heterocycles. The standard InChI is InChI=1S/C27H26O19/c28-7-3-6(1-2-11(7)43-26-18(36)14(32)16(34)22(45-26)24(38)39)12-5-9(30)13-8(29)4-10(31)20(21(13)42-12)44-27-19(37)15(33)17(35)23(46-27)25(40)41/h1-5,14-19,22-23,26-29,31-37H,(H,38,39)(H,40,41)/t14-,15-,16-,17-,18+,19+,22+,23+,26+,27+/m1/s1. The summed E-state index contributed by atoms with van der Waals surface area (Å²) >= 11 is 0. The summed E-state index contributed by atoms with van der Waals surface area (Å²) in [5, 5.41) is 110. The maximum absolute atomic E-state index is 13.0. The van der Waals surface area contributed by atoms with Crippen molar-refractivity contribution in [1.82, 2.24) is 0 Å². The molecule has 2 aliphatic rings. The zero-order valence-electron chi connectivity index (χ0n) is 22.8. The van der Waals surface area contributed by atoms with Gasteiger partial charge in [0.2, 0.25) is 18.3 Å². The van der Waals surface area contributed by atoms with E-state index in [1.807, 2.05) is 0 Å². The molecule has 11 N–H and O–H groups in total. The zero-order valence-corrected chi connectivity index (χ0v) is 22.8. The molecule has 0 radical (unpaired) electrons. The van der Waals surface area contributed by atoms with E-state index in [0.29, 0.717) is 6.07 Å². The van der Waals surface area contributed by atoms with Crippen LogP contribution in [0.4, 0.5) is 0 Å². The molecule has 2 aromatic carbocycles. The van der Waals surface area contributed by atoms with E-state index < -0.39 is 118 Å². The van der Waals surface area contributed by atoms with Crippen LogP contribution in [0, 0.1) is 0 Å². The van der Waals surface area contributed by atoms with Crippen LogP contribution in [0.5, 0.6) is 28.7 Å². The highest BCUT2D eigenvalue weighted by Crippen LogP contribution is 2.43. The summed E-state index contributed by atoms with van der Waals surface area (Å²) in [6.45, 7) is 0. The Labute approximate surface area is 254 Å². The van der Waals surface area contributed by atoms with Crippen LogP contribution < -0.4 is 14.9 Å². The van der Waals surface area contributed by atoms with Crippen LogP contribution >= 0.6 is 0 Å². The summed E-state index contributed by atoms with van der Waals surface area (Å²) in [6.07, 6.45) is -20.1. The minimum absolute atomic E-state index is 0.0555. The molecule has 0 aliphatic carbocycles. The molecule has 248 valence electrons. The highest BCUT2D eigenvalue weighted by Gasteiger charge is 2.49. The van der Waals surface area contributed by atoms with E-state index in [1.165, 1.54) is 6.07 Å². The molecule has 2 fully saturated rings. The van der Waals surface area contributed by atoms with Crippen molar-refractivity contribution in [1.29, 1.82) is 0 Å². The molecule has 3 heterocycles. The van der Waals surface area contributed by atoms with Gasteiger partial charge in [-0.1, -0.05) is 0 Å². The van der Waals surface area contributed by atoms with Gasteiger partial charge in [-0.05, 0) is 18.2 Å². The maximum Gasteiger partial charge on any atom is 0.335 e. The molecular formula is C27H26O19. The molecular weight excluding hydrogens is 628 g/mol. The average Bonchev–Trinajstić information content (AvgIpc) is 2.99. The predicted octanol–water partition coefficient (Wildman–Crippen LogP) is -2.88. The number of carbonyl (C=O) groups is 2. The van der Waals surface area contributed by atoms with Crippen molar-refractivity contribution in [3.05, 3.63) is 40.6 Å². The topological polar surface area (TPSA) is 324 Å². The lowest BCUT2D eigenvalue weighted by Gasteiger charge is -2.38. The third-order valence-electron chi connectivity index (χ3n) is 7.26. The van der Waals surface area contributed by atoms with Gasteiger partial charge >= 0.3 is 11.9 Å². The monoisotopic (exact) mass is 654 g/mol. The first-order chi connectivity index (χ1) is 21.6. The molecule has 0 unspecified atom stereocenters. The quantitative estimate of drug-likeness (QED) is 0.122. The number of aliphatic hydroxyl groups excluding tert-OH is 6. The first-order valence-electron chi connectivity index (χ1n) is 13.1. The summed E-state index contributed by atoms with van der Waals surface area (Å²) < 4.78 is 26.5. The van der Waals surface area contributed by atoms with Gasteiger partial charge in [0, 0.05) is 17.7 Å². The molecule has 0 saturated carbocycles. The minimum Gasteiger partial charge on any atom is -0.507 e. The predicted molar refractivity (Wildman–Crippen MR) is 143 cm³/mol. The second-order valence-corrected chi connectivity index (χ2v) is 10.3. The van der Waals surface area contributed by atoms with Crippen LogP contribution in [-0.2, 0) is 19.1 Å².